The van der Waals surface area contributed by atoms with Gasteiger partial charge in [0.2, 0.25) is 0 Å². The van der Waals surface area contributed by atoms with E-state index in [1.165, 1.54) is 0 Å². The molecule has 0 saturated heterocycles. The van der Waals surface area contributed by atoms with E-state index in [1.54, 1.807) is 13.1 Å². The van der Waals surface area contributed by atoms with Crippen molar-refractivity contribution in [2.45, 2.75) is 18.9 Å². The second kappa shape index (κ2) is 4.23. The zero-order valence-corrected chi connectivity index (χ0v) is 10.0. The summed E-state index contributed by atoms with van der Waals surface area (Å²) in [5, 5.41) is 2.60. The molecule has 0 radical (unpaired) electrons. The summed E-state index contributed by atoms with van der Waals surface area (Å²) in [7, 11) is 1.62. The third kappa shape index (κ3) is 2.50. The lowest BCUT2D eigenvalue weighted by Crippen LogP contribution is -2.19. The number of carbonyl (C=O) groups is 1. The van der Waals surface area contributed by atoms with E-state index in [9.17, 15) is 4.79 Å². The van der Waals surface area contributed by atoms with Crippen molar-refractivity contribution in [2.24, 2.45) is 0 Å². The van der Waals surface area contributed by atoms with Crippen LogP contribution in [0.1, 0.15) is 23.2 Å². The van der Waals surface area contributed by atoms with Gasteiger partial charge in [0.05, 0.1) is 11.7 Å². The minimum absolute atomic E-state index is 0.113. The lowest BCUT2D eigenvalue weighted by atomic mass is 10.2. The molecule has 0 heterocycles. The first-order valence-electron chi connectivity index (χ1n) is 4.89. The summed E-state index contributed by atoms with van der Waals surface area (Å²) in [5.74, 6) is 0.546. The number of carbonyl (C=O) groups excluding carboxylic acids is 1. The molecule has 1 aromatic rings. The Bertz CT molecular complexity index is 388. The van der Waals surface area contributed by atoms with Crippen molar-refractivity contribution in [1.29, 1.82) is 0 Å². The minimum Gasteiger partial charge on any atom is -0.490 e. The van der Waals surface area contributed by atoms with Crippen LogP contribution in [0.15, 0.2) is 22.7 Å². The molecule has 0 spiro atoms. The van der Waals surface area contributed by atoms with Crippen molar-refractivity contribution in [3.63, 3.8) is 0 Å². The van der Waals surface area contributed by atoms with Crippen LogP contribution in [0.25, 0.3) is 0 Å². The van der Waals surface area contributed by atoms with Gasteiger partial charge in [-0.3, -0.25) is 4.79 Å². The Labute approximate surface area is 96.9 Å². The van der Waals surface area contributed by atoms with Crippen LogP contribution in [0.2, 0.25) is 0 Å². The van der Waals surface area contributed by atoms with Crippen LogP contribution >= 0.6 is 15.9 Å². The van der Waals surface area contributed by atoms with Crippen LogP contribution in [0.3, 0.4) is 0 Å². The van der Waals surface area contributed by atoms with Crippen molar-refractivity contribution in [2.75, 3.05) is 7.05 Å². The molecule has 0 aliphatic heterocycles. The van der Waals surface area contributed by atoms with Crippen LogP contribution in [-0.4, -0.2) is 19.1 Å². The van der Waals surface area contributed by atoms with Crippen molar-refractivity contribution in [3.8, 4) is 5.75 Å². The number of hydrogen-bond acceptors (Lipinski definition) is 2. The lowest BCUT2D eigenvalue weighted by molar-refractivity contribution is 0.0958. The zero-order chi connectivity index (χ0) is 10.8. The van der Waals surface area contributed by atoms with Gasteiger partial charge in [0.1, 0.15) is 5.75 Å². The Morgan fingerprint density at radius 3 is 2.87 bits per heavy atom. The molecule has 0 aromatic heterocycles. The number of rotatable bonds is 3. The summed E-state index contributed by atoms with van der Waals surface area (Å²) >= 11 is 3.37. The van der Waals surface area contributed by atoms with Gasteiger partial charge >= 0.3 is 0 Å². The van der Waals surface area contributed by atoms with Crippen LogP contribution in [-0.2, 0) is 0 Å². The van der Waals surface area contributed by atoms with Gasteiger partial charge in [0, 0.05) is 11.5 Å². The summed E-state index contributed by atoms with van der Waals surface area (Å²) in [6, 6.07) is 5.44. The molecule has 80 valence electrons. The monoisotopic (exact) mass is 269 g/mol. The highest BCUT2D eigenvalue weighted by atomic mass is 79.9. The van der Waals surface area contributed by atoms with E-state index in [4.69, 9.17) is 4.74 Å². The molecule has 1 aliphatic rings. The van der Waals surface area contributed by atoms with E-state index in [0.717, 1.165) is 17.3 Å². The van der Waals surface area contributed by atoms with E-state index in [-0.39, 0.29) is 5.91 Å². The normalized spacial score (nSPS) is 14.8. The largest absolute Gasteiger partial charge is 0.490 e. The van der Waals surface area contributed by atoms with Gasteiger partial charge in [-0.15, -0.1) is 0 Å². The first-order valence-corrected chi connectivity index (χ1v) is 5.68. The third-order valence-corrected chi connectivity index (χ3v) is 2.73. The summed E-state index contributed by atoms with van der Waals surface area (Å²) < 4.78 is 6.59. The van der Waals surface area contributed by atoms with Crippen molar-refractivity contribution >= 4 is 21.8 Å². The van der Waals surface area contributed by atoms with Crippen LogP contribution in [0.4, 0.5) is 0 Å². The van der Waals surface area contributed by atoms with E-state index in [0.29, 0.717) is 17.4 Å². The number of hydrogen-bond donors (Lipinski definition) is 1. The van der Waals surface area contributed by atoms with Gasteiger partial charge in [0.25, 0.3) is 5.91 Å². The topological polar surface area (TPSA) is 38.3 Å². The molecule has 0 atom stereocenters. The summed E-state index contributed by atoms with van der Waals surface area (Å²) in [6.45, 7) is 0. The second-order valence-electron chi connectivity index (χ2n) is 3.54. The van der Waals surface area contributed by atoms with E-state index in [2.05, 4.69) is 21.2 Å². The molecule has 0 bridgehead atoms. The second-order valence-corrected chi connectivity index (χ2v) is 4.45. The summed E-state index contributed by atoms with van der Waals surface area (Å²) in [6.07, 6.45) is 2.46. The van der Waals surface area contributed by atoms with Gasteiger partial charge in [0.15, 0.2) is 0 Å². The average molecular weight is 270 g/mol. The van der Waals surface area contributed by atoms with Gasteiger partial charge in [-0.05, 0) is 31.0 Å². The lowest BCUT2D eigenvalue weighted by Gasteiger charge is -2.10. The molecule has 4 heteroatoms. The smallest absolute Gasteiger partial charge is 0.254 e. The van der Waals surface area contributed by atoms with E-state index < -0.39 is 0 Å². The van der Waals surface area contributed by atoms with E-state index in [1.807, 2.05) is 12.1 Å². The maximum Gasteiger partial charge on any atom is 0.254 e. The van der Waals surface area contributed by atoms with Gasteiger partial charge in [-0.1, -0.05) is 15.9 Å². The minimum atomic E-state index is -0.113. The Kier molecular flexibility index (Phi) is 2.95. The number of ether oxygens (including phenoxy) is 1. The summed E-state index contributed by atoms with van der Waals surface area (Å²) in [4.78, 5) is 11.5. The molecule has 1 aliphatic carbocycles. The number of benzene rings is 1. The molecule has 1 saturated carbocycles. The molecule has 1 N–H and O–H groups in total. The standard InChI is InChI=1S/C11H12BrNO2/c1-13-11(14)9-5-2-7(12)6-10(9)15-8-3-4-8/h2,5-6,8H,3-4H2,1H3,(H,13,14). The molecular formula is C11H12BrNO2. The SMILES string of the molecule is CNC(=O)c1ccc(Br)cc1OC1CC1. The maximum absolute atomic E-state index is 11.5. The first-order chi connectivity index (χ1) is 7.20. The quantitative estimate of drug-likeness (QED) is 0.915. The molecule has 15 heavy (non-hydrogen) atoms. The molecule has 1 aromatic carbocycles. The van der Waals surface area contributed by atoms with Crippen LogP contribution < -0.4 is 10.1 Å². The highest BCUT2D eigenvalue weighted by Crippen LogP contribution is 2.31. The first kappa shape index (κ1) is 10.5. The van der Waals surface area contributed by atoms with Crippen LogP contribution in [0.5, 0.6) is 5.75 Å². The molecule has 3 nitrogen and oxygen atoms in total. The predicted molar refractivity (Wildman–Crippen MR) is 61.2 cm³/mol. The van der Waals surface area contributed by atoms with Crippen molar-refractivity contribution in [1.82, 2.24) is 5.32 Å². The average Bonchev–Trinajstić information content (AvgIpc) is 3.01. The molecule has 2 rings (SSSR count). The fraction of sp³-hybridized carbons (Fsp3) is 0.364. The van der Waals surface area contributed by atoms with E-state index >= 15 is 0 Å². The molecule has 1 fully saturated rings. The molecule has 0 unspecified atom stereocenters. The third-order valence-electron chi connectivity index (χ3n) is 2.23. The van der Waals surface area contributed by atoms with Gasteiger partial charge in [-0.2, -0.15) is 0 Å². The number of nitrogens with one attached hydrogen (secondary N) is 1. The Balaban J connectivity index is 2.29. The number of amides is 1. The summed E-state index contributed by atoms with van der Waals surface area (Å²) in [5.41, 5.74) is 0.590. The number of halogens is 1. The predicted octanol–water partition coefficient (Wildman–Crippen LogP) is 2.35. The molecular weight excluding hydrogens is 258 g/mol. The Hall–Kier alpha value is -1.03. The van der Waals surface area contributed by atoms with Gasteiger partial charge in [-0.25, -0.2) is 0 Å². The molecule has 1 amide bonds. The van der Waals surface area contributed by atoms with Gasteiger partial charge < -0.3 is 10.1 Å². The Morgan fingerprint density at radius 2 is 2.27 bits per heavy atom. The highest BCUT2D eigenvalue weighted by Gasteiger charge is 2.25. The van der Waals surface area contributed by atoms with Crippen molar-refractivity contribution in [3.05, 3.63) is 28.2 Å². The fourth-order valence-corrected chi connectivity index (χ4v) is 1.62. The van der Waals surface area contributed by atoms with Crippen LogP contribution in [0, 0.1) is 0 Å². The maximum atomic E-state index is 11.5. The highest BCUT2D eigenvalue weighted by molar-refractivity contribution is 9.10. The fourth-order valence-electron chi connectivity index (χ4n) is 1.28. The van der Waals surface area contributed by atoms with Crippen molar-refractivity contribution < 1.29 is 9.53 Å². The zero-order valence-electron chi connectivity index (χ0n) is 8.42. The Morgan fingerprint density at radius 1 is 1.53 bits per heavy atom.